The van der Waals surface area contributed by atoms with Gasteiger partial charge in [-0.3, -0.25) is 0 Å². The number of nitrogen functional groups attached to an aromatic ring is 1. The fourth-order valence-electron chi connectivity index (χ4n) is 2.87. The van der Waals surface area contributed by atoms with Crippen molar-refractivity contribution < 1.29 is 10.2 Å². The van der Waals surface area contributed by atoms with Crippen LogP contribution in [0.1, 0.15) is 12.5 Å². The molecule has 2 aromatic heterocycles. The summed E-state index contributed by atoms with van der Waals surface area (Å²) in [6, 6.07) is -1.03. The number of aromatic nitrogens is 4. The Morgan fingerprint density at radius 2 is 2.29 bits per heavy atom. The molecule has 21 heavy (non-hydrogen) atoms. The number of aliphatic hydroxyl groups excluding tert-OH is 2. The van der Waals surface area contributed by atoms with Gasteiger partial charge in [0.05, 0.1) is 18.5 Å². The number of anilines is 1. The second-order valence-electron chi connectivity index (χ2n) is 5.01. The number of nitrogens with zero attached hydrogens (tertiary/aromatic N) is 7. The van der Waals surface area contributed by atoms with E-state index in [1.165, 1.54) is 12.7 Å². The summed E-state index contributed by atoms with van der Waals surface area (Å²) in [6.45, 7) is -0.182. The molecule has 110 valence electrons. The number of imidazole rings is 1. The van der Waals surface area contributed by atoms with Gasteiger partial charge in [-0.2, -0.15) is 0 Å². The summed E-state index contributed by atoms with van der Waals surface area (Å²) in [5, 5.41) is 23.2. The summed E-state index contributed by atoms with van der Waals surface area (Å²) in [5.74, 6) is -0.0986. The van der Waals surface area contributed by atoms with Crippen LogP contribution in [0.3, 0.4) is 0 Å². The monoisotopic (exact) mass is 290 g/mol. The van der Waals surface area contributed by atoms with Gasteiger partial charge in [0.1, 0.15) is 11.8 Å². The third kappa shape index (κ3) is 2.05. The summed E-state index contributed by atoms with van der Waals surface area (Å²) in [7, 11) is 0. The van der Waals surface area contributed by atoms with Crippen molar-refractivity contribution in [2.45, 2.75) is 24.6 Å². The van der Waals surface area contributed by atoms with Gasteiger partial charge in [-0.05, 0) is 12.0 Å². The maximum Gasteiger partial charge on any atom is 0.165 e. The zero-order valence-electron chi connectivity index (χ0n) is 11.0. The molecule has 1 saturated carbocycles. The molecule has 0 aliphatic heterocycles. The van der Waals surface area contributed by atoms with Crippen LogP contribution in [0.2, 0.25) is 0 Å². The number of hydrogen-bond donors (Lipinski definition) is 3. The summed E-state index contributed by atoms with van der Waals surface area (Å²) in [4.78, 5) is 15.0. The fraction of sp³-hybridized carbons (Fsp3) is 0.545. The second-order valence-corrected chi connectivity index (χ2v) is 5.01. The van der Waals surface area contributed by atoms with Gasteiger partial charge in [0.15, 0.2) is 11.5 Å². The third-order valence-electron chi connectivity index (χ3n) is 3.94. The Labute approximate surface area is 118 Å². The molecular formula is C11H14N8O2. The zero-order valence-corrected chi connectivity index (χ0v) is 11.0. The molecular weight excluding hydrogens is 276 g/mol. The number of aliphatic hydroxyl groups is 2. The van der Waals surface area contributed by atoms with Crippen LogP contribution in [0.15, 0.2) is 17.8 Å². The first-order chi connectivity index (χ1) is 10.2. The van der Waals surface area contributed by atoms with Crippen LogP contribution >= 0.6 is 0 Å². The van der Waals surface area contributed by atoms with Crippen molar-refractivity contribution in [2.75, 3.05) is 12.3 Å². The van der Waals surface area contributed by atoms with E-state index in [-0.39, 0.29) is 24.4 Å². The Hall–Kier alpha value is -2.42. The first-order valence-corrected chi connectivity index (χ1v) is 6.43. The molecule has 4 atom stereocenters. The first-order valence-electron chi connectivity index (χ1n) is 6.43. The van der Waals surface area contributed by atoms with E-state index in [2.05, 4.69) is 25.0 Å². The average molecular weight is 290 g/mol. The van der Waals surface area contributed by atoms with E-state index < -0.39 is 12.1 Å². The van der Waals surface area contributed by atoms with Crippen LogP contribution in [0.5, 0.6) is 0 Å². The summed E-state index contributed by atoms with van der Waals surface area (Å²) in [6.07, 6.45) is 2.41. The van der Waals surface area contributed by atoms with Crippen molar-refractivity contribution in [1.82, 2.24) is 19.5 Å². The maximum absolute atomic E-state index is 10.2. The molecule has 0 bridgehead atoms. The highest BCUT2D eigenvalue weighted by atomic mass is 16.3. The molecule has 1 aliphatic carbocycles. The zero-order chi connectivity index (χ0) is 15.0. The Bertz CT molecular complexity index is 709. The van der Waals surface area contributed by atoms with Crippen LogP contribution in [0.4, 0.5) is 5.82 Å². The predicted octanol–water partition coefficient (Wildman–Crippen LogP) is 0.00160. The van der Waals surface area contributed by atoms with Crippen molar-refractivity contribution in [3.8, 4) is 0 Å². The van der Waals surface area contributed by atoms with E-state index in [9.17, 15) is 10.2 Å². The van der Waals surface area contributed by atoms with Crippen LogP contribution in [-0.2, 0) is 0 Å². The maximum atomic E-state index is 10.2. The summed E-state index contributed by atoms with van der Waals surface area (Å²) >= 11 is 0. The molecule has 0 saturated heterocycles. The molecule has 4 unspecified atom stereocenters. The van der Waals surface area contributed by atoms with Gasteiger partial charge >= 0.3 is 0 Å². The SMILES string of the molecule is [N-]=[N+]=NC1C(O)C(CO)CC1n1cnc2c(N)ncnc21. The van der Waals surface area contributed by atoms with Crippen molar-refractivity contribution in [1.29, 1.82) is 0 Å². The summed E-state index contributed by atoms with van der Waals surface area (Å²) in [5.41, 5.74) is 15.4. The Morgan fingerprint density at radius 1 is 1.48 bits per heavy atom. The number of hydrogen-bond acceptors (Lipinski definition) is 7. The topological polar surface area (TPSA) is 159 Å². The number of rotatable bonds is 3. The van der Waals surface area contributed by atoms with Gasteiger partial charge in [0.2, 0.25) is 0 Å². The van der Waals surface area contributed by atoms with Crippen LogP contribution in [-0.4, -0.2) is 48.5 Å². The molecule has 2 heterocycles. The smallest absolute Gasteiger partial charge is 0.165 e. The highest BCUT2D eigenvalue weighted by Gasteiger charge is 2.43. The molecule has 0 spiro atoms. The van der Waals surface area contributed by atoms with Crippen molar-refractivity contribution in [2.24, 2.45) is 11.0 Å². The van der Waals surface area contributed by atoms with E-state index in [1.807, 2.05) is 0 Å². The average Bonchev–Trinajstić information content (AvgIpc) is 3.03. The minimum atomic E-state index is -0.910. The molecule has 10 nitrogen and oxygen atoms in total. The molecule has 1 aliphatic rings. The first kappa shape index (κ1) is 13.6. The Kier molecular flexibility index (Phi) is 3.34. The van der Waals surface area contributed by atoms with Gasteiger partial charge in [0, 0.05) is 23.5 Å². The van der Waals surface area contributed by atoms with Crippen LogP contribution < -0.4 is 5.73 Å². The summed E-state index contributed by atoms with van der Waals surface area (Å²) < 4.78 is 1.71. The van der Waals surface area contributed by atoms with E-state index in [0.29, 0.717) is 17.6 Å². The normalized spacial score (nSPS) is 28.7. The molecule has 1 fully saturated rings. The van der Waals surface area contributed by atoms with Gasteiger partial charge < -0.3 is 20.5 Å². The van der Waals surface area contributed by atoms with Crippen molar-refractivity contribution >= 4 is 17.0 Å². The minimum absolute atomic E-state index is 0.182. The van der Waals surface area contributed by atoms with Gasteiger partial charge in [-0.1, -0.05) is 5.11 Å². The Balaban J connectivity index is 2.08. The largest absolute Gasteiger partial charge is 0.396 e. The third-order valence-corrected chi connectivity index (χ3v) is 3.94. The molecule has 10 heteroatoms. The molecule has 4 N–H and O–H groups in total. The van der Waals surface area contributed by atoms with Gasteiger partial charge in [0.25, 0.3) is 0 Å². The lowest BCUT2D eigenvalue weighted by Gasteiger charge is -2.18. The lowest BCUT2D eigenvalue weighted by molar-refractivity contribution is 0.0801. The van der Waals surface area contributed by atoms with Gasteiger partial charge in [-0.15, -0.1) is 0 Å². The molecule has 0 amide bonds. The second kappa shape index (κ2) is 5.17. The van der Waals surface area contributed by atoms with Crippen molar-refractivity contribution in [3.05, 3.63) is 23.1 Å². The molecule has 0 radical (unpaired) electrons. The van der Waals surface area contributed by atoms with E-state index in [0.717, 1.165) is 0 Å². The van der Waals surface area contributed by atoms with E-state index >= 15 is 0 Å². The number of azide groups is 1. The van der Waals surface area contributed by atoms with Gasteiger partial charge in [-0.25, -0.2) is 15.0 Å². The highest BCUT2D eigenvalue weighted by molar-refractivity contribution is 5.81. The van der Waals surface area contributed by atoms with Crippen molar-refractivity contribution in [3.63, 3.8) is 0 Å². The van der Waals surface area contributed by atoms with E-state index in [4.69, 9.17) is 11.3 Å². The quantitative estimate of drug-likeness (QED) is 0.410. The number of nitrogens with two attached hydrogens (primary N) is 1. The molecule has 2 aromatic rings. The minimum Gasteiger partial charge on any atom is -0.396 e. The fourth-order valence-corrected chi connectivity index (χ4v) is 2.87. The lowest BCUT2D eigenvalue weighted by Crippen LogP contribution is -2.28. The van der Waals surface area contributed by atoms with Crippen LogP contribution in [0, 0.1) is 5.92 Å². The van der Waals surface area contributed by atoms with E-state index in [1.54, 1.807) is 4.57 Å². The van der Waals surface area contributed by atoms with Crippen LogP contribution in [0.25, 0.3) is 21.6 Å². The highest BCUT2D eigenvalue weighted by Crippen LogP contribution is 2.38. The predicted molar refractivity (Wildman–Crippen MR) is 72.9 cm³/mol. The lowest BCUT2D eigenvalue weighted by atomic mass is 10.1. The molecule has 0 aromatic carbocycles. The molecule has 3 rings (SSSR count). The number of fused-ring (bicyclic) bond motifs is 1. The standard InChI is InChI=1S/C11H14N8O2/c12-10-8-11(15-3-14-10)19(4-16-8)6-1-5(2-20)9(21)7(6)17-18-13/h3-7,9,20-21H,1-2H2,(H2,12,14,15). The Morgan fingerprint density at radius 3 is 3.00 bits per heavy atom.